The monoisotopic (exact) mass is 297 g/mol. The van der Waals surface area contributed by atoms with E-state index in [1.807, 2.05) is 6.92 Å². The number of aliphatic hydroxyl groups excluding tert-OH is 2. The van der Waals surface area contributed by atoms with Crippen molar-refractivity contribution in [1.82, 2.24) is 5.32 Å². The zero-order valence-corrected chi connectivity index (χ0v) is 11.5. The van der Waals surface area contributed by atoms with Gasteiger partial charge in [0, 0.05) is 12.6 Å². The van der Waals surface area contributed by atoms with Crippen molar-refractivity contribution in [2.24, 2.45) is 0 Å². The number of rotatable bonds is 5. The number of benzene rings is 1. The van der Waals surface area contributed by atoms with Gasteiger partial charge in [-0.25, -0.2) is 0 Å². The van der Waals surface area contributed by atoms with Gasteiger partial charge in [-0.2, -0.15) is 0 Å². The van der Waals surface area contributed by atoms with E-state index >= 15 is 0 Å². The normalized spacial score (nSPS) is 14.7. The summed E-state index contributed by atoms with van der Waals surface area (Å²) in [5.41, 5.74) is 0.797. The summed E-state index contributed by atoms with van der Waals surface area (Å²) >= 11 is 17.8. The number of hydrogen-bond donors (Lipinski definition) is 3. The molecule has 0 aliphatic carbocycles. The molecule has 1 rings (SSSR count). The summed E-state index contributed by atoms with van der Waals surface area (Å²) in [5, 5.41) is 22.1. The highest BCUT2D eigenvalue weighted by Gasteiger charge is 2.14. The lowest BCUT2D eigenvalue weighted by Crippen LogP contribution is -2.31. The summed E-state index contributed by atoms with van der Waals surface area (Å²) in [6, 6.07) is 3.35. The molecule has 0 amide bonds. The van der Waals surface area contributed by atoms with Gasteiger partial charge >= 0.3 is 0 Å². The van der Waals surface area contributed by atoms with Gasteiger partial charge in [-0.15, -0.1) is 0 Å². The fourth-order valence-electron chi connectivity index (χ4n) is 1.36. The molecule has 0 bridgehead atoms. The zero-order chi connectivity index (χ0) is 13.0. The third-order valence-corrected chi connectivity index (χ3v) is 3.71. The minimum atomic E-state index is -0.793. The van der Waals surface area contributed by atoms with Crippen molar-refractivity contribution in [1.29, 1.82) is 0 Å². The summed E-state index contributed by atoms with van der Waals surface area (Å²) in [5.74, 6) is 0. The zero-order valence-electron chi connectivity index (χ0n) is 9.25. The molecular weight excluding hydrogens is 284 g/mol. The van der Waals surface area contributed by atoms with Crippen LogP contribution in [0.25, 0.3) is 0 Å². The molecule has 1 aromatic carbocycles. The van der Waals surface area contributed by atoms with E-state index < -0.39 is 6.10 Å². The molecule has 2 unspecified atom stereocenters. The van der Waals surface area contributed by atoms with Crippen LogP contribution in [-0.2, 0) is 0 Å². The standard InChI is InChI=1S/C11H14Cl3NO2/c1-6(15-4-7(17)5-16)8-2-3-9(12)11(14)10(8)13/h2-3,6-7,15-17H,4-5H2,1H3. The molecule has 0 radical (unpaired) electrons. The fourth-order valence-corrected chi connectivity index (χ4v) is 2.07. The first kappa shape index (κ1) is 15.0. The Morgan fingerprint density at radius 1 is 1.24 bits per heavy atom. The third-order valence-electron chi connectivity index (χ3n) is 2.40. The van der Waals surface area contributed by atoms with E-state index in [-0.39, 0.29) is 19.2 Å². The summed E-state index contributed by atoms with van der Waals surface area (Å²) in [4.78, 5) is 0. The minimum Gasteiger partial charge on any atom is -0.394 e. The predicted molar refractivity (Wildman–Crippen MR) is 71.0 cm³/mol. The first-order valence-corrected chi connectivity index (χ1v) is 6.26. The lowest BCUT2D eigenvalue weighted by molar-refractivity contribution is 0.0924. The molecule has 0 saturated heterocycles. The molecule has 6 heteroatoms. The van der Waals surface area contributed by atoms with Crippen LogP contribution in [0.3, 0.4) is 0 Å². The van der Waals surface area contributed by atoms with Crippen LogP contribution in [-0.4, -0.2) is 29.5 Å². The van der Waals surface area contributed by atoms with E-state index in [1.165, 1.54) is 0 Å². The summed E-state index contributed by atoms with van der Waals surface area (Å²) in [7, 11) is 0. The van der Waals surface area contributed by atoms with Crippen LogP contribution in [0.4, 0.5) is 0 Å². The molecule has 96 valence electrons. The van der Waals surface area contributed by atoms with E-state index in [4.69, 9.17) is 39.9 Å². The smallest absolute Gasteiger partial charge is 0.0895 e. The highest BCUT2D eigenvalue weighted by atomic mass is 35.5. The number of halogens is 3. The molecule has 0 aromatic heterocycles. The van der Waals surface area contributed by atoms with Gasteiger partial charge in [0.1, 0.15) is 0 Å². The maximum Gasteiger partial charge on any atom is 0.0895 e. The minimum absolute atomic E-state index is 0.0986. The van der Waals surface area contributed by atoms with Crippen molar-refractivity contribution in [3.8, 4) is 0 Å². The average molecular weight is 299 g/mol. The Hall–Kier alpha value is -0.0300. The van der Waals surface area contributed by atoms with Crippen LogP contribution < -0.4 is 5.32 Å². The van der Waals surface area contributed by atoms with Gasteiger partial charge in [0.15, 0.2) is 0 Å². The first-order valence-electron chi connectivity index (χ1n) is 5.13. The molecule has 3 N–H and O–H groups in total. The SMILES string of the molecule is CC(NCC(O)CO)c1ccc(Cl)c(Cl)c1Cl. The third kappa shape index (κ3) is 3.98. The number of hydrogen-bond acceptors (Lipinski definition) is 3. The summed E-state index contributed by atoms with van der Waals surface area (Å²) in [6.45, 7) is 1.87. The van der Waals surface area contributed by atoms with Crippen LogP contribution in [0.1, 0.15) is 18.5 Å². The van der Waals surface area contributed by atoms with E-state index in [9.17, 15) is 5.11 Å². The summed E-state index contributed by atoms with van der Waals surface area (Å²) < 4.78 is 0. The quantitative estimate of drug-likeness (QED) is 0.733. The largest absolute Gasteiger partial charge is 0.394 e. The molecule has 0 spiro atoms. The van der Waals surface area contributed by atoms with Crippen molar-refractivity contribution in [3.63, 3.8) is 0 Å². The Labute approximate surface area is 115 Å². The van der Waals surface area contributed by atoms with Crippen LogP contribution in [0.5, 0.6) is 0 Å². The Morgan fingerprint density at radius 3 is 2.47 bits per heavy atom. The Bertz CT molecular complexity index is 387. The van der Waals surface area contributed by atoms with Crippen LogP contribution in [0.15, 0.2) is 12.1 Å². The van der Waals surface area contributed by atoms with Gasteiger partial charge in [-0.05, 0) is 18.6 Å². The Morgan fingerprint density at radius 2 is 1.88 bits per heavy atom. The highest BCUT2D eigenvalue weighted by molar-refractivity contribution is 6.48. The van der Waals surface area contributed by atoms with Crippen molar-refractivity contribution in [3.05, 3.63) is 32.8 Å². The second kappa shape index (κ2) is 6.78. The van der Waals surface area contributed by atoms with Crippen LogP contribution in [0, 0.1) is 0 Å². The van der Waals surface area contributed by atoms with Gasteiger partial charge in [0.05, 0.1) is 27.8 Å². The molecule has 0 heterocycles. The predicted octanol–water partition coefficient (Wildman–Crippen LogP) is 2.65. The van der Waals surface area contributed by atoms with Crippen LogP contribution >= 0.6 is 34.8 Å². The van der Waals surface area contributed by atoms with Crippen molar-refractivity contribution < 1.29 is 10.2 Å². The van der Waals surface area contributed by atoms with Crippen molar-refractivity contribution in [2.75, 3.05) is 13.2 Å². The lowest BCUT2D eigenvalue weighted by atomic mass is 10.1. The molecule has 1 aromatic rings. The molecular formula is C11H14Cl3NO2. The molecule has 0 fully saturated rings. The summed E-state index contributed by atoms with van der Waals surface area (Å²) in [6.07, 6.45) is -0.793. The molecule has 0 aliphatic heterocycles. The van der Waals surface area contributed by atoms with E-state index in [0.717, 1.165) is 5.56 Å². The van der Waals surface area contributed by atoms with E-state index in [1.54, 1.807) is 12.1 Å². The lowest BCUT2D eigenvalue weighted by Gasteiger charge is -2.18. The van der Waals surface area contributed by atoms with Crippen molar-refractivity contribution >= 4 is 34.8 Å². The highest BCUT2D eigenvalue weighted by Crippen LogP contribution is 2.35. The molecule has 17 heavy (non-hydrogen) atoms. The second-order valence-electron chi connectivity index (χ2n) is 3.73. The van der Waals surface area contributed by atoms with Gasteiger partial charge in [0.2, 0.25) is 0 Å². The van der Waals surface area contributed by atoms with E-state index in [0.29, 0.717) is 15.1 Å². The second-order valence-corrected chi connectivity index (χ2v) is 4.89. The topological polar surface area (TPSA) is 52.5 Å². The number of nitrogens with one attached hydrogen (secondary N) is 1. The van der Waals surface area contributed by atoms with Gasteiger partial charge in [0.25, 0.3) is 0 Å². The average Bonchev–Trinajstić information content (AvgIpc) is 2.32. The van der Waals surface area contributed by atoms with Crippen LogP contribution in [0.2, 0.25) is 15.1 Å². The molecule has 2 atom stereocenters. The van der Waals surface area contributed by atoms with Gasteiger partial charge in [-0.1, -0.05) is 40.9 Å². The first-order chi connectivity index (χ1) is 7.97. The maximum absolute atomic E-state index is 9.23. The molecule has 0 saturated carbocycles. The Kier molecular flexibility index (Phi) is 6.00. The van der Waals surface area contributed by atoms with E-state index in [2.05, 4.69) is 5.32 Å². The van der Waals surface area contributed by atoms with Gasteiger partial charge < -0.3 is 15.5 Å². The molecule has 3 nitrogen and oxygen atoms in total. The fraction of sp³-hybridized carbons (Fsp3) is 0.455. The Balaban J connectivity index is 2.76. The number of aliphatic hydroxyl groups is 2. The maximum atomic E-state index is 9.23. The van der Waals surface area contributed by atoms with Gasteiger partial charge in [-0.3, -0.25) is 0 Å². The van der Waals surface area contributed by atoms with Crippen molar-refractivity contribution in [2.45, 2.75) is 19.1 Å². The molecule has 0 aliphatic rings.